The van der Waals surface area contributed by atoms with Crippen molar-refractivity contribution in [1.82, 2.24) is 15.8 Å². The van der Waals surface area contributed by atoms with Crippen LogP contribution >= 0.6 is 0 Å². The molecule has 0 radical (unpaired) electrons. The van der Waals surface area contributed by atoms with E-state index in [0.29, 0.717) is 17.5 Å². The molecule has 1 aromatic heterocycles. The van der Waals surface area contributed by atoms with Crippen LogP contribution in [0.5, 0.6) is 0 Å². The van der Waals surface area contributed by atoms with Crippen molar-refractivity contribution in [1.29, 1.82) is 0 Å². The molecule has 2 atom stereocenters. The standard InChI is InChI=1S/C12H17N3O2/c1-7-5-13-6-10(7)14-12(16)9-4-11(17-15-9)8-2-3-8/h4,7-8,10,13H,2-3,5-6H2,1H3,(H,14,16). The molecule has 2 N–H and O–H groups in total. The van der Waals surface area contributed by atoms with Crippen LogP contribution in [0, 0.1) is 5.92 Å². The van der Waals surface area contributed by atoms with Gasteiger partial charge in [-0.2, -0.15) is 0 Å². The number of hydrogen-bond donors (Lipinski definition) is 2. The highest BCUT2D eigenvalue weighted by atomic mass is 16.5. The Bertz CT molecular complexity index is 425. The van der Waals surface area contributed by atoms with E-state index in [0.717, 1.165) is 31.7 Å². The van der Waals surface area contributed by atoms with Crippen molar-refractivity contribution in [2.24, 2.45) is 5.92 Å². The molecular weight excluding hydrogens is 218 g/mol. The topological polar surface area (TPSA) is 67.2 Å². The lowest BCUT2D eigenvalue weighted by Gasteiger charge is -2.14. The third-order valence-corrected chi connectivity index (χ3v) is 3.57. The molecule has 0 spiro atoms. The minimum absolute atomic E-state index is 0.124. The van der Waals surface area contributed by atoms with Crippen molar-refractivity contribution < 1.29 is 9.32 Å². The molecule has 5 heteroatoms. The van der Waals surface area contributed by atoms with Crippen molar-refractivity contribution in [2.75, 3.05) is 13.1 Å². The zero-order valence-electron chi connectivity index (χ0n) is 9.90. The molecule has 0 aromatic carbocycles. The van der Waals surface area contributed by atoms with Gasteiger partial charge in [-0.1, -0.05) is 12.1 Å². The zero-order valence-corrected chi connectivity index (χ0v) is 9.90. The monoisotopic (exact) mass is 235 g/mol. The summed E-state index contributed by atoms with van der Waals surface area (Å²) < 4.78 is 5.17. The third kappa shape index (κ3) is 2.20. The van der Waals surface area contributed by atoms with Gasteiger partial charge in [0, 0.05) is 24.6 Å². The molecule has 0 bridgehead atoms. The van der Waals surface area contributed by atoms with E-state index in [1.54, 1.807) is 6.07 Å². The Morgan fingerprint density at radius 2 is 2.35 bits per heavy atom. The van der Waals surface area contributed by atoms with Crippen LogP contribution < -0.4 is 10.6 Å². The van der Waals surface area contributed by atoms with Crippen molar-refractivity contribution in [3.63, 3.8) is 0 Å². The summed E-state index contributed by atoms with van der Waals surface area (Å²) in [5.41, 5.74) is 0.408. The van der Waals surface area contributed by atoms with Crippen LogP contribution in [0.25, 0.3) is 0 Å². The van der Waals surface area contributed by atoms with E-state index in [4.69, 9.17) is 4.52 Å². The van der Waals surface area contributed by atoms with Crippen LogP contribution in [-0.4, -0.2) is 30.2 Å². The Kier molecular flexibility index (Phi) is 2.63. The Hall–Kier alpha value is -1.36. The molecule has 5 nitrogen and oxygen atoms in total. The van der Waals surface area contributed by atoms with Crippen molar-refractivity contribution in [2.45, 2.75) is 31.7 Å². The molecule has 1 aliphatic heterocycles. The number of amides is 1. The lowest BCUT2D eigenvalue weighted by molar-refractivity contribution is 0.0923. The van der Waals surface area contributed by atoms with Crippen LogP contribution in [-0.2, 0) is 0 Å². The lowest BCUT2D eigenvalue weighted by atomic mass is 10.1. The summed E-state index contributed by atoms with van der Waals surface area (Å²) in [6.07, 6.45) is 2.31. The number of hydrogen-bond acceptors (Lipinski definition) is 4. The van der Waals surface area contributed by atoms with Gasteiger partial charge in [0.15, 0.2) is 5.69 Å². The van der Waals surface area contributed by atoms with Crippen LogP contribution in [0.1, 0.15) is 41.9 Å². The Labute approximate surface area is 99.9 Å². The van der Waals surface area contributed by atoms with E-state index in [1.807, 2.05) is 0 Å². The zero-order chi connectivity index (χ0) is 11.8. The first-order valence-corrected chi connectivity index (χ1v) is 6.22. The molecule has 3 rings (SSSR count). The Morgan fingerprint density at radius 1 is 1.53 bits per heavy atom. The minimum atomic E-state index is -0.124. The molecule has 2 fully saturated rings. The minimum Gasteiger partial charge on any atom is -0.360 e. The van der Waals surface area contributed by atoms with E-state index in [9.17, 15) is 4.79 Å². The molecule has 1 saturated carbocycles. The van der Waals surface area contributed by atoms with E-state index >= 15 is 0 Å². The molecule has 17 heavy (non-hydrogen) atoms. The van der Waals surface area contributed by atoms with Gasteiger partial charge in [0.05, 0.1) is 0 Å². The highest BCUT2D eigenvalue weighted by Gasteiger charge is 2.30. The summed E-state index contributed by atoms with van der Waals surface area (Å²) in [6.45, 7) is 3.92. The second-order valence-corrected chi connectivity index (χ2v) is 5.10. The number of nitrogens with one attached hydrogen (secondary N) is 2. The van der Waals surface area contributed by atoms with Gasteiger partial charge in [-0.05, 0) is 25.3 Å². The molecule has 1 saturated heterocycles. The quantitative estimate of drug-likeness (QED) is 0.816. The molecule has 1 aliphatic carbocycles. The number of carbonyl (C=O) groups excluding carboxylic acids is 1. The molecule has 1 aromatic rings. The van der Waals surface area contributed by atoms with Gasteiger partial charge in [-0.3, -0.25) is 4.79 Å². The van der Waals surface area contributed by atoms with Gasteiger partial charge < -0.3 is 15.2 Å². The normalized spacial score (nSPS) is 28.3. The highest BCUT2D eigenvalue weighted by Crippen LogP contribution is 2.40. The van der Waals surface area contributed by atoms with E-state index in [2.05, 4.69) is 22.7 Å². The average Bonchev–Trinajstić information content (AvgIpc) is 2.91. The van der Waals surface area contributed by atoms with Crippen LogP contribution in [0.15, 0.2) is 10.6 Å². The molecule has 1 amide bonds. The smallest absolute Gasteiger partial charge is 0.273 e. The number of nitrogens with zero attached hydrogens (tertiary/aromatic N) is 1. The summed E-state index contributed by atoms with van der Waals surface area (Å²) in [5.74, 6) is 1.69. The SMILES string of the molecule is CC1CNCC1NC(=O)c1cc(C2CC2)on1. The third-order valence-electron chi connectivity index (χ3n) is 3.57. The largest absolute Gasteiger partial charge is 0.360 e. The number of aromatic nitrogens is 1. The second-order valence-electron chi connectivity index (χ2n) is 5.10. The van der Waals surface area contributed by atoms with Gasteiger partial charge >= 0.3 is 0 Å². The first-order valence-electron chi connectivity index (χ1n) is 6.22. The molecule has 2 aliphatic rings. The first-order chi connectivity index (χ1) is 8.24. The van der Waals surface area contributed by atoms with Crippen molar-refractivity contribution >= 4 is 5.91 Å². The van der Waals surface area contributed by atoms with E-state index in [1.165, 1.54) is 0 Å². The maximum Gasteiger partial charge on any atom is 0.273 e. The highest BCUT2D eigenvalue weighted by molar-refractivity contribution is 5.92. The molecule has 2 unspecified atom stereocenters. The van der Waals surface area contributed by atoms with Gasteiger partial charge in [-0.25, -0.2) is 0 Å². The van der Waals surface area contributed by atoms with Gasteiger partial charge in [0.2, 0.25) is 0 Å². The van der Waals surface area contributed by atoms with Crippen molar-refractivity contribution in [3.8, 4) is 0 Å². The fourth-order valence-corrected chi connectivity index (χ4v) is 2.20. The maximum atomic E-state index is 11.9. The van der Waals surface area contributed by atoms with Crippen LogP contribution in [0.2, 0.25) is 0 Å². The second kappa shape index (κ2) is 4.14. The Balaban J connectivity index is 1.64. The lowest BCUT2D eigenvalue weighted by Crippen LogP contribution is -2.39. The van der Waals surface area contributed by atoms with Gasteiger partial charge in [0.25, 0.3) is 5.91 Å². The van der Waals surface area contributed by atoms with Crippen molar-refractivity contribution in [3.05, 3.63) is 17.5 Å². The Morgan fingerprint density at radius 3 is 3.00 bits per heavy atom. The van der Waals surface area contributed by atoms with Gasteiger partial charge in [0.1, 0.15) is 5.76 Å². The summed E-state index contributed by atoms with van der Waals surface area (Å²) in [5, 5.41) is 10.1. The molecular formula is C12H17N3O2. The summed E-state index contributed by atoms with van der Waals surface area (Å²) in [6, 6.07) is 1.98. The van der Waals surface area contributed by atoms with Gasteiger partial charge in [-0.15, -0.1) is 0 Å². The predicted octanol–water partition coefficient (Wildman–Crippen LogP) is 0.890. The average molecular weight is 235 g/mol. The predicted molar refractivity (Wildman–Crippen MR) is 61.8 cm³/mol. The number of rotatable bonds is 3. The maximum absolute atomic E-state index is 11.9. The fraction of sp³-hybridized carbons (Fsp3) is 0.667. The summed E-state index contributed by atoms with van der Waals surface area (Å²) in [7, 11) is 0. The summed E-state index contributed by atoms with van der Waals surface area (Å²) in [4.78, 5) is 11.9. The first kappa shape index (κ1) is 10.8. The number of carbonyl (C=O) groups is 1. The van der Waals surface area contributed by atoms with Crippen LogP contribution in [0.3, 0.4) is 0 Å². The molecule has 2 heterocycles. The fourth-order valence-electron chi connectivity index (χ4n) is 2.20. The van der Waals surface area contributed by atoms with E-state index < -0.39 is 0 Å². The molecule has 92 valence electrons. The van der Waals surface area contributed by atoms with E-state index in [-0.39, 0.29) is 11.9 Å². The van der Waals surface area contributed by atoms with Crippen LogP contribution in [0.4, 0.5) is 0 Å². The summed E-state index contributed by atoms with van der Waals surface area (Å²) >= 11 is 0.